The van der Waals surface area contributed by atoms with Crippen LogP contribution >= 0.6 is 39.9 Å². The lowest BCUT2D eigenvalue weighted by atomic mass is 10.0. The number of ether oxygens (including phenoxy) is 2. The van der Waals surface area contributed by atoms with E-state index in [1.165, 1.54) is 11.1 Å². The number of rotatable bonds is 8. The number of halogens is 2. The van der Waals surface area contributed by atoms with Crippen LogP contribution < -0.4 is 10.6 Å². The fourth-order valence-corrected chi connectivity index (χ4v) is 3.28. The highest BCUT2D eigenvalue weighted by molar-refractivity contribution is 14.0. The van der Waals surface area contributed by atoms with E-state index in [-0.39, 0.29) is 24.0 Å². The van der Waals surface area contributed by atoms with Gasteiger partial charge in [0.1, 0.15) is 0 Å². The third-order valence-electron chi connectivity index (χ3n) is 4.43. The number of aliphatic imine (C=N–C) groups is 1. The van der Waals surface area contributed by atoms with Crippen molar-refractivity contribution in [1.82, 2.24) is 10.6 Å². The van der Waals surface area contributed by atoms with E-state index in [4.69, 9.17) is 9.47 Å². The van der Waals surface area contributed by atoms with Crippen LogP contribution in [0.2, 0.25) is 0 Å². The summed E-state index contributed by atoms with van der Waals surface area (Å²) in [7, 11) is 1.80. The summed E-state index contributed by atoms with van der Waals surface area (Å²) in [4.78, 5) is 4.27. The predicted molar refractivity (Wildman–Crippen MR) is 121 cm³/mol. The first kappa shape index (κ1) is 23.7. The molecule has 0 saturated carbocycles. The molecule has 0 atom stereocenters. The Bertz CT molecular complexity index is 552. The van der Waals surface area contributed by atoms with Gasteiger partial charge in [0.2, 0.25) is 0 Å². The Morgan fingerprint density at radius 1 is 1.31 bits per heavy atom. The third-order valence-corrected chi connectivity index (χ3v) is 4.92. The zero-order valence-electron chi connectivity index (χ0n) is 15.7. The fraction of sp³-hybridized carbons (Fsp3) is 0.632. The first-order chi connectivity index (χ1) is 12.2. The van der Waals surface area contributed by atoms with Gasteiger partial charge in [0.05, 0.1) is 0 Å². The summed E-state index contributed by atoms with van der Waals surface area (Å²) in [5.41, 5.74) is 2.53. The second-order valence-corrected chi connectivity index (χ2v) is 7.32. The van der Waals surface area contributed by atoms with Crippen molar-refractivity contribution in [3.05, 3.63) is 33.8 Å². The minimum absolute atomic E-state index is 0. The van der Waals surface area contributed by atoms with Crippen LogP contribution in [0.3, 0.4) is 0 Å². The van der Waals surface area contributed by atoms with Crippen molar-refractivity contribution in [3.8, 4) is 0 Å². The van der Waals surface area contributed by atoms with Crippen molar-refractivity contribution in [2.75, 3.05) is 40.0 Å². The Morgan fingerprint density at radius 3 is 2.77 bits per heavy atom. The summed E-state index contributed by atoms with van der Waals surface area (Å²) in [6.45, 7) is 7.15. The standard InChI is InChI=1S/C19H30BrN3O2.HI/c1-15-12-18(20)5-4-17(15)13-23-19(21-2)22-8-3-9-25-14-16-6-10-24-11-7-16;/h4-5,12,16H,3,6-11,13-14H2,1-2H3,(H2,21,22,23);1H. The molecule has 0 amide bonds. The Morgan fingerprint density at radius 2 is 2.08 bits per heavy atom. The average molecular weight is 540 g/mol. The van der Waals surface area contributed by atoms with E-state index in [0.717, 1.165) is 69.2 Å². The molecule has 1 fully saturated rings. The molecule has 0 aromatic heterocycles. The molecular weight excluding hydrogens is 509 g/mol. The first-order valence-corrected chi connectivity index (χ1v) is 9.83. The van der Waals surface area contributed by atoms with Gasteiger partial charge < -0.3 is 20.1 Å². The summed E-state index contributed by atoms with van der Waals surface area (Å²) in [5.74, 6) is 1.50. The minimum Gasteiger partial charge on any atom is -0.381 e. The molecule has 1 aliphatic heterocycles. The monoisotopic (exact) mass is 539 g/mol. The van der Waals surface area contributed by atoms with Crippen molar-refractivity contribution in [3.63, 3.8) is 0 Å². The Kier molecular flexibility index (Phi) is 12.5. The molecule has 5 nitrogen and oxygen atoms in total. The Balaban J connectivity index is 0.00000338. The van der Waals surface area contributed by atoms with Gasteiger partial charge in [-0.1, -0.05) is 22.0 Å². The van der Waals surface area contributed by atoms with Gasteiger partial charge in [0, 0.05) is 51.0 Å². The SMILES string of the molecule is CN=C(NCCCOCC1CCOCC1)NCc1ccc(Br)cc1C.I. The van der Waals surface area contributed by atoms with E-state index in [2.05, 4.69) is 56.7 Å². The van der Waals surface area contributed by atoms with Gasteiger partial charge in [-0.2, -0.15) is 0 Å². The number of benzene rings is 1. The molecule has 1 saturated heterocycles. The summed E-state index contributed by atoms with van der Waals surface area (Å²) in [6.07, 6.45) is 3.23. The number of guanidine groups is 1. The van der Waals surface area contributed by atoms with E-state index in [9.17, 15) is 0 Å². The van der Waals surface area contributed by atoms with Crippen LogP contribution in [0.1, 0.15) is 30.4 Å². The van der Waals surface area contributed by atoms with Gasteiger partial charge in [-0.25, -0.2) is 0 Å². The van der Waals surface area contributed by atoms with Crippen molar-refractivity contribution >= 4 is 45.9 Å². The van der Waals surface area contributed by atoms with Crippen molar-refractivity contribution in [2.45, 2.75) is 32.7 Å². The van der Waals surface area contributed by atoms with E-state index in [1.54, 1.807) is 7.05 Å². The molecule has 0 bridgehead atoms. The molecule has 1 aromatic rings. The molecule has 0 spiro atoms. The predicted octanol–water partition coefficient (Wildman–Crippen LogP) is 3.87. The van der Waals surface area contributed by atoms with E-state index in [0.29, 0.717) is 5.92 Å². The maximum Gasteiger partial charge on any atom is 0.191 e. The van der Waals surface area contributed by atoms with Gasteiger partial charge in [-0.15, -0.1) is 24.0 Å². The topological polar surface area (TPSA) is 54.9 Å². The summed E-state index contributed by atoms with van der Waals surface area (Å²) >= 11 is 3.50. The highest BCUT2D eigenvalue weighted by Gasteiger charge is 2.13. The number of hydrogen-bond donors (Lipinski definition) is 2. The smallest absolute Gasteiger partial charge is 0.191 e. The number of nitrogens with zero attached hydrogens (tertiary/aromatic N) is 1. The Hall–Kier alpha value is -0.380. The van der Waals surface area contributed by atoms with Crippen molar-refractivity contribution in [1.29, 1.82) is 0 Å². The number of hydrogen-bond acceptors (Lipinski definition) is 3. The highest BCUT2D eigenvalue weighted by Crippen LogP contribution is 2.16. The van der Waals surface area contributed by atoms with Crippen molar-refractivity contribution in [2.24, 2.45) is 10.9 Å². The molecular formula is C19H31BrIN3O2. The average Bonchev–Trinajstić information content (AvgIpc) is 2.62. The Labute approximate surface area is 182 Å². The molecule has 2 rings (SSSR count). The minimum atomic E-state index is 0. The highest BCUT2D eigenvalue weighted by atomic mass is 127. The lowest BCUT2D eigenvalue weighted by Gasteiger charge is -2.21. The first-order valence-electron chi connectivity index (χ1n) is 9.04. The van der Waals surface area contributed by atoms with Crippen LogP contribution in [0.5, 0.6) is 0 Å². The van der Waals surface area contributed by atoms with Gasteiger partial charge in [0.15, 0.2) is 5.96 Å². The van der Waals surface area contributed by atoms with Crippen LogP contribution in [0, 0.1) is 12.8 Å². The summed E-state index contributed by atoms with van der Waals surface area (Å²) in [6, 6.07) is 6.32. The molecule has 1 aromatic carbocycles. The lowest BCUT2D eigenvalue weighted by molar-refractivity contribution is 0.0203. The molecule has 0 aliphatic carbocycles. The maximum absolute atomic E-state index is 5.78. The molecule has 0 unspecified atom stereocenters. The largest absolute Gasteiger partial charge is 0.381 e. The quantitative estimate of drug-likeness (QED) is 0.228. The zero-order valence-corrected chi connectivity index (χ0v) is 19.6. The fourth-order valence-electron chi connectivity index (χ4n) is 2.80. The van der Waals surface area contributed by atoms with E-state index < -0.39 is 0 Å². The van der Waals surface area contributed by atoms with Gasteiger partial charge >= 0.3 is 0 Å². The molecule has 7 heteroatoms. The van der Waals surface area contributed by atoms with Crippen LogP contribution in [0.4, 0.5) is 0 Å². The number of nitrogens with one attached hydrogen (secondary N) is 2. The van der Waals surface area contributed by atoms with Gasteiger partial charge in [-0.3, -0.25) is 4.99 Å². The normalized spacial score (nSPS) is 15.4. The summed E-state index contributed by atoms with van der Waals surface area (Å²) < 4.78 is 12.3. The van der Waals surface area contributed by atoms with Gasteiger partial charge in [-0.05, 0) is 55.4 Å². The van der Waals surface area contributed by atoms with E-state index >= 15 is 0 Å². The lowest BCUT2D eigenvalue weighted by Crippen LogP contribution is -2.37. The maximum atomic E-state index is 5.78. The molecule has 26 heavy (non-hydrogen) atoms. The van der Waals surface area contributed by atoms with Crippen LogP contribution in [0.15, 0.2) is 27.7 Å². The van der Waals surface area contributed by atoms with Crippen LogP contribution in [-0.4, -0.2) is 46.0 Å². The van der Waals surface area contributed by atoms with Crippen LogP contribution in [-0.2, 0) is 16.0 Å². The molecule has 2 N–H and O–H groups in total. The van der Waals surface area contributed by atoms with Crippen LogP contribution in [0.25, 0.3) is 0 Å². The molecule has 148 valence electrons. The second kappa shape index (κ2) is 13.7. The van der Waals surface area contributed by atoms with Gasteiger partial charge in [0.25, 0.3) is 0 Å². The molecule has 1 heterocycles. The summed E-state index contributed by atoms with van der Waals surface area (Å²) in [5, 5.41) is 6.70. The third kappa shape index (κ3) is 9.01. The zero-order chi connectivity index (χ0) is 17.9. The molecule has 0 radical (unpaired) electrons. The van der Waals surface area contributed by atoms with E-state index in [1.807, 2.05) is 0 Å². The molecule has 1 aliphatic rings. The van der Waals surface area contributed by atoms with Crippen molar-refractivity contribution < 1.29 is 9.47 Å². The second-order valence-electron chi connectivity index (χ2n) is 6.41. The number of aryl methyl sites for hydroxylation is 1.